The van der Waals surface area contributed by atoms with Crippen molar-refractivity contribution in [2.45, 2.75) is 192 Å². The van der Waals surface area contributed by atoms with Gasteiger partial charge in [-0.2, -0.15) is 0 Å². The number of hydrogen-bond donors (Lipinski definition) is 21. The lowest BCUT2D eigenvalue weighted by molar-refractivity contribution is -0.382. The third-order valence-corrected chi connectivity index (χ3v) is 17.7. The lowest BCUT2D eigenvalue weighted by atomic mass is 9.92. The van der Waals surface area contributed by atoms with Gasteiger partial charge < -0.3 is 148 Å². The van der Waals surface area contributed by atoms with Gasteiger partial charge in [0.25, 0.3) is 0 Å². The molecule has 9 rings (SSSR count). The minimum Gasteiger partial charge on any atom is -0.462 e. The highest BCUT2D eigenvalue weighted by Crippen LogP contribution is 2.35. The summed E-state index contributed by atoms with van der Waals surface area (Å²) in [5.41, 5.74) is 12.9. The standard InChI is InChI=1S/C59H86N12O25/c1-22(2)13-35-90-21-33-49(95-35)44(81)47(84)57(94-33)96-48-32(20-74)93-56(46(83)43(48)80)91-26-11-9-24(10-12-26)14-27-51(86)69-37(39(76)28-15-63-58(60)67-28)54(89)70-38(40(77)30-16-64-59(61)71(30)55-45(82)42(79)41(78)31(19-73)92-55)53(88)66-29(18-72)50(85)62-17-34(75)68-36(52(87)65-27)23(3)25-7-5-4-6-8-25/h4-12,22-23,27-33,35-49,55-57,72-74,76-84H,13-21H2,1-3H3,(H2,61,64)(H,62,85)(H,65,87)(H,66,88)(H,68,75)(H,69,86)(H,70,89)(H3,60,63,67)/t23-,27+,28-,29-,30-,31+,32+,33+,35+,36-,37-,38+,39-,40-,41+,42-,43+,44+,45-,46-,47-,48+,49+,55-,56-,57+/m0/s1. The Balaban J connectivity index is 0.993. The number of guanidine groups is 2. The number of aliphatic hydroxyl groups is 12. The van der Waals surface area contributed by atoms with Gasteiger partial charge >= 0.3 is 0 Å². The van der Waals surface area contributed by atoms with Gasteiger partial charge in [-0.3, -0.25) is 33.8 Å². The van der Waals surface area contributed by atoms with Gasteiger partial charge in [-0.15, -0.1) is 0 Å². The van der Waals surface area contributed by atoms with E-state index in [1.54, 1.807) is 37.3 Å². The second-order valence-electron chi connectivity index (χ2n) is 24.9. The lowest BCUT2D eigenvalue weighted by Gasteiger charge is -2.48. The monoisotopic (exact) mass is 1360 g/mol. The summed E-state index contributed by atoms with van der Waals surface area (Å²) in [4.78, 5) is 96.5. The minimum atomic E-state index is -2.34. The number of aliphatic hydroxyl groups excluding tert-OH is 12. The fraction of sp³-hybridized carbons (Fsp3) is 0.661. The van der Waals surface area contributed by atoms with E-state index >= 15 is 9.59 Å². The van der Waals surface area contributed by atoms with E-state index in [1.165, 1.54) is 24.3 Å². The number of nitrogens with two attached hydrogens (primary N) is 2. The van der Waals surface area contributed by atoms with Crippen LogP contribution in [0.2, 0.25) is 0 Å². The van der Waals surface area contributed by atoms with Crippen molar-refractivity contribution in [3.05, 3.63) is 65.7 Å². The molecule has 0 bridgehead atoms. The first-order valence-corrected chi connectivity index (χ1v) is 31.3. The van der Waals surface area contributed by atoms with Crippen molar-refractivity contribution in [3.8, 4) is 5.75 Å². The summed E-state index contributed by atoms with van der Waals surface area (Å²) in [6.07, 6.45) is -29.5. The first-order valence-electron chi connectivity index (χ1n) is 31.3. The number of hydrogen-bond acceptors (Lipinski definition) is 31. The fourth-order valence-electron chi connectivity index (χ4n) is 12.3. The Morgan fingerprint density at radius 1 is 0.635 bits per heavy atom. The van der Waals surface area contributed by atoms with Crippen LogP contribution in [0.1, 0.15) is 44.2 Å². The van der Waals surface area contributed by atoms with Gasteiger partial charge in [0.1, 0.15) is 121 Å². The van der Waals surface area contributed by atoms with E-state index in [0.717, 1.165) is 4.90 Å². The molecule has 7 aliphatic heterocycles. The topological polar surface area (TPSA) is 574 Å². The second-order valence-corrected chi connectivity index (χ2v) is 24.9. The number of ether oxygens (including phenoxy) is 7. The van der Waals surface area contributed by atoms with Crippen LogP contribution in [-0.2, 0) is 63.6 Å². The van der Waals surface area contributed by atoms with E-state index in [1.807, 2.05) is 13.8 Å². The number of rotatable bonds is 18. The van der Waals surface area contributed by atoms with E-state index in [-0.39, 0.29) is 36.3 Å². The molecule has 26 atom stereocenters. The average molecular weight is 1360 g/mol. The zero-order valence-corrected chi connectivity index (χ0v) is 52.3. The molecule has 96 heavy (non-hydrogen) atoms. The largest absolute Gasteiger partial charge is 0.462 e. The molecule has 0 spiro atoms. The zero-order chi connectivity index (χ0) is 69.6. The summed E-state index contributed by atoms with van der Waals surface area (Å²) in [6.45, 7) is 0.889. The van der Waals surface area contributed by atoms with E-state index in [9.17, 15) is 80.5 Å². The molecule has 2 aromatic carbocycles. The van der Waals surface area contributed by atoms with Crippen LogP contribution in [0.4, 0.5) is 0 Å². The van der Waals surface area contributed by atoms with Crippen molar-refractivity contribution >= 4 is 47.4 Å². The molecule has 23 N–H and O–H groups in total. The molecule has 532 valence electrons. The first-order chi connectivity index (χ1) is 45.7. The van der Waals surface area contributed by atoms with Gasteiger partial charge in [-0.25, -0.2) is 4.99 Å². The van der Waals surface area contributed by atoms with E-state index in [0.29, 0.717) is 12.0 Å². The van der Waals surface area contributed by atoms with Crippen molar-refractivity contribution < 1.29 is 123 Å². The van der Waals surface area contributed by atoms with Crippen LogP contribution in [-0.4, -0.2) is 312 Å². The van der Waals surface area contributed by atoms with Crippen LogP contribution < -0.4 is 53.4 Å². The molecule has 37 nitrogen and oxygen atoms in total. The molecule has 0 aliphatic carbocycles. The number of carbonyl (C=O) groups is 6. The highest BCUT2D eigenvalue weighted by molar-refractivity contribution is 5.98. The van der Waals surface area contributed by atoms with Gasteiger partial charge in [-0.05, 0) is 29.2 Å². The molecule has 0 aromatic heterocycles. The number of aliphatic imine (C=N–C) groups is 2. The summed E-state index contributed by atoms with van der Waals surface area (Å²) in [6, 6.07) is 0.972. The van der Waals surface area contributed by atoms with Crippen LogP contribution in [0.5, 0.6) is 5.75 Å². The molecule has 5 fully saturated rings. The molecule has 0 saturated carbocycles. The molecular weight excluding hydrogens is 1280 g/mol. The summed E-state index contributed by atoms with van der Waals surface area (Å²) in [7, 11) is 0. The van der Waals surface area contributed by atoms with Crippen molar-refractivity contribution in [1.29, 1.82) is 0 Å². The molecule has 7 heterocycles. The summed E-state index contributed by atoms with van der Waals surface area (Å²) >= 11 is 0. The Morgan fingerprint density at radius 2 is 1.28 bits per heavy atom. The predicted octanol–water partition coefficient (Wildman–Crippen LogP) is -11.2. The van der Waals surface area contributed by atoms with Gasteiger partial charge in [0.15, 0.2) is 30.7 Å². The van der Waals surface area contributed by atoms with E-state index < -0.39 is 239 Å². The Bertz CT molecular complexity index is 3070. The smallest absolute Gasteiger partial charge is 0.246 e. The second kappa shape index (κ2) is 32.0. The highest BCUT2D eigenvalue weighted by Gasteiger charge is 2.55. The van der Waals surface area contributed by atoms with Gasteiger partial charge in [0, 0.05) is 25.3 Å². The molecule has 2 aromatic rings. The number of nitrogens with zero attached hydrogens (tertiary/aromatic N) is 3. The number of amides is 6. The van der Waals surface area contributed by atoms with Crippen LogP contribution in [0, 0.1) is 5.92 Å². The molecule has 0 radical (unpaired) electrons. The fourth-order valence-corrected chi connectivity index (χ4v) is 12.3. The van der Waals surface area contributed by atoms with Gasteiger partial charge in [0.2, 0.25) is 41.7 Å². The van der Waals surface area contributed by atoms with Crippen molar-refractivity contribution in [2.24, 2.45) is 27.4 Å². The molecule has 37 heteroatoms. The SMILES string of the molecule is CC(C)C[C@@H]1OC[C@H]2O[C@H](O[C@H]3[C@H](O)[C@H](O)[C@@H](Oc4ccc(C[C@H]5NC(=O)[C@H]([C@@H](C)c6ccccc6)NC(=O)CNC(=O)[C@H](CO)NC(=O)[C@@H]([C@@H](O)[C@@H]6CN=C(N)N6[C@H]6O[C@H](CO)[C@@H](O)[C@H](O)[C@@H]6O)NC(=O)[C@H]([C@@H](O)[C@@H]6CNC(N)=N6)NC5=O)cc4)O[C@@H]3CO)[C@@H](O)[C@@H](O)[C@@H]2O1. The summed E-state index contributed by atoms with van der Waals surface area (Å²) in [5, 5.41) is 150. The van der Waals surface area contributed by atoms with Crippen LogP contribution in [0.25, 0.3) is 0 Å². The Morgan fingerprint density at radius 3 is 1.94 bits per heavy atom. The average Bonchev–Trinajstić information content (AvgIpc) is 1.35. The molecule has 7 aliphatic rings. The first kappa shape index (κ1) is 73.1. The predicted molar refractivity (Wildman–Crippen MR) is 324 cm³/mol. The normalized spacial score (nSPS) is 37.8. The van der Waals surface area contributed by atoms with Crippen LogP contribution in [0.3, 0.4) is 0 Å². The molecule has 6 amide bonds. The number of benzene rings is 2. The van der Waals surface area contributed by atoms with Crippen molar-refractivity contribution in [2.75, 3.05) is 46.1 Å². The summed E-state index contributed by atoms with van der Waals surface area (Å²) < 4.78 is 41.0. The Hall–Kier alpha value is -7.12. The molecule has 5 saturated heterocycles. The zero-order valence-electron chi connectivity index (χ0n) is 52.3. The van der Waals surface area contributed by atoms with Crippen molar-refractivity contribution in [1.82, 2.24) is 42.1 Å². The Kier molecular flexibility index (Phi) is 24.4. The highest BCUT2D eigenvalue weighted by atomic mass is 16.8. The maximum Gasteiger partial charge on any atom is 0.246 e. The maximum absolute atomic E-state index is 15.2. The Labute approximate surface area is 548 Å². The lowest BCUT2D eigenvalue weighted by Crippen LogP contribution is -2.70. The van der Waals surface area contributed by atoms with Crippen LogP contribution in [0.15, 0.2) is 64.6 Å². The van der Waals surface area contributed by atoms with Gasteiger partial charge in [-0.1, -0.05) is 63.2 Å². The van der Waals surface area contributed by atoms with Crippen molar-refractivity contribution in [3.63, 3.8) is 0 Å². The number of carbonyl (C=O) groups excluding carboxylic acids is 6. The minimum absolute atomic E-state index is 0.0362. The van der Waals surface area contributed by atoms with E-state index in [4.69, 9.17) is 44.6 Å². The number of fused-ring (bicyclic) bond motifs is 1. The number of nitrogens with one attached hydrogen (secondary N) is 7. The van der Waals surface area contributed by atoms with Crippen LogP contribution >= 0.6 is 0 Å². The van der Waals surface area contributed by atoms with E-state index in [2.05, 4.69) is 47.2 Å². The maximum atomic E-state index is 15.2. The molecular formula is C59H86N12O25. The molecule has 0 unspecified atom stereocenters. The third-order valence-electron chi connectivity index (χ3n) is 17.7. The quantitative estimate of drug-likeness (QED) is 0.0659. The van der Waals surface area contributed by atoms with Gasteiger partial charge in [0.05, 0.1) is 51.6 Å². The summed E-state index contributed by atoms with van der Waals surface area (Å²) in [5.74, 6) is -8.70. The third kappa shape index (κ3) is 16.5.